The van der Waals surface area contributed by atoms with Gasteiger partial charge in [-0.2, -0.15) is 0 Å². The standard InChI is InChI=1S/C40H24N4OS/c1-4-13-25(14-5-1)37-42-38(26-15-6-2-7-16-26)44-39(43-37)30-21-12-24-33-35(30)34-28(19-11-23-32(34)46-33)29-20-10-22-31-36(29)45-40(41-31)27-17-8-3-9-18-27/h1-24H. The van der Waals surface area contributed by atoms with Gasteiger partial charge in [0.15, 0.2) is 23.1 Å². The fourth-order valence-electron chi connectivity index (χ4n) is 6.07. The monoisotopic (exact) mass is 608 g/mol. The molecule has 0 saturated carbocycles. The molecule has 216 valence electrons. The summed E-state index contributed by atoms with van der Waals surface area (Å²) in [5.41, 5.74) is 7.47. The van der Waals surface area contributed by atoms with Crippen molar-refractivity contribution < 1.29 is 4.42 Å². The lowest BCUT2D eigenvalue weighted by molar-refractivity contribution is 0.621. The maximum absolute atomic E-state index is 6.48. The molecule has 5 nitrogen and oxygen atoms in total. The number of benzene rings is 6. The molecule has 0 bridgehead atoms. The van der Waals surface area contributed by atoms with E-state index in [1.165, 1.54) is 4.70 Å². The Morgan fingerprint density at radius 1 is 0.391 bits per heavy atom. The number of rotatable bonds is 5. The number of nitrogens with zero attached hydrogens (tertiary/aromatic N) is 4. The Morgan fingerprint density at radius 2 is 0.891 bits per heavy atom. The van der Waals surface area contributed by atoms with E-state index in [2.05, 4.69) is 42.5 Å². The third kappa shape index (κ3) is 4.47. The number of fused-ring (bicyclic) bond motifs is 4. The molecule has 46 heavy (non-hydrogen) atoms. The molecule has 0 fully saturated rings. The van der Waals surface area contributed by atoms with E-state index in [0.29, 0.717) is 23.4 Å². The zero-order chi connectivity index (χ0) is 30.5. The molecule has 0 aliphatic heterocycles. The molecule has 3 heterocycles. The van der Waals surface area contributed by atoms with E-state index < -0.39 is 0 Å². The highest BCUT2D eigenvalue weighted by Gasteiger charge is 2.21. The van der Waals surface area contributed by atoms with E-state index in [4.69, 9.17) is 24.4 Å². The van der Waals surface area contributed by atoms with Gasteiger partial charge in [-0.1, -0.05) is 115 Å². The van der Waals surface area contributed by atoms with Crippen LogP contribution in [0.4, 0.5) is 0 Å². The molecule has 0 aliphatic rings. The zero-order valence-electron chi connectivity index (χ0n) is 24.5. The second-order valence-corrected chi connectivity index (χ2v) is 12.1. The number of para-hydroxylation sites is 1. The molecule has 0 aliphatic carbocycles. The molecule has 6 heteroatoms. The largest absolute Gasteiger partial charge is 0.435 e. The molecule has 0 radical (unpaired) electrons. The summed E-state index contributed by atoms with van der Waals surface area (Å²) in [6, 6.07) is 49.2. The lowest BCUT2D eigenvalue weighted by atomic mass is 9.96. The van der Waals surface area contributed by atoms with E-state index in [9.17, 15) is 0 Å². The van der Waals surface area contributed by atoms with Crippen LogP contribution in [-0.2, 0) is 0 Å². The van der Waals surface area contributed by atoms with Crippen LogP contribution < -0.4 is 0 Å². The normalized spacial score (nSPS) is 11.5. The van der Waals surface area contributed by atoms with Crippen molar-refractivity contribution in [3.05, 3.63) is 146 Å². The summed E-state index contributed by atoms with van der Waals surface area (Å²) in [6.07, 6.45) is 0. The average molecular weight is 609 g/mol. The Bertz CT molecular complexity index is 2470. The predicted octanol–water partition coefficient (Wildman–Crippen LogP) is 10.7. The highest BCUT2D eigenvalue weighted by atomic mass is 32.1. The molecule has 0 spiro atoms. The first kappa shape index (κ1) is 26.4. The Hall–Kier alpha value is -5.98. The molecule has 0 unspecified atom stereocenters. The van der Waals surface area contributed by atoms with Gasteiger partial charge in [0.05, 0.1) is 0 Å². The number of hydrogen-bond acceptors (Lipinski definition) is 6. The zero-order valence-corrected chi connectivity index (χ0v) is 25.3. The SMILES string of the molecule is c1ccc(-c2nc(-c3ccccc3)nc(-c3cccc4sc5cccc(-c6cccc7nc(-c8ccccc8)oc67)c5c34)n2)cc1. The van der Waals surface area contributed by atoms with Gasteiger partial charge in [-0.15, -0.1) is 11.3 Å². The van der Waals surface area contributed by atoms with Crippen molar-refractivity contribution >= 4 is 42.6 Å². The number of thiophene rings is 1. The van der Waals surface area contributed by atoms with Crippen LogP contribution in [0, 0.1) is 0 Å². The van der Waals surface area contributed by atoms with E-state index in [1.807, 2.05) is 103 Å². The minimum atomic E-state index is 0.609. The first-order valence-corrected chi connectivity index (χ1v) is 15.9. The van der Waals surface area contributed by atoms with Gasteiger partial charge < -0.3 is 4.42 Å². The fourth-order valence-corrected chi connectivity index (χ4v) is 7.23. The maximum atomic E-state index is 6.48. The van der Waals surface area contributed by atoms with Crippen molar-refractivity contribution in [2.24, 2.45) is 0 Å². The number of oxazole rings is 1. The van der Waals surface area contributed by atoms with Gasteiger partial charge in [0, 0.05) is 48.0 Å². The summed E-state index contributed by atoms with van der Waals surface area (Å²) in [5.74, 6) is 2.53. The van der Waals surface area contributed by atoms with E-state index in [1.54, 1.807) is 11.3 Å². The third-order valence-corrected chi connectivity index (χ3v) is 9.31. The molecule has 0 atom stereocenters. The first-order chi connectivity index (χ1) is 22.8. The molecule has 6 aromatic carbocycles. The van der Waals surface area contributed by atoms with Crippen molar-refractivity contribution in [1.29, 1.82) is 0 Å². The van der Waals surface area contributed by atoms with Gasteiger partial charge in [0.2, 0.25) is 5.89 Å². The quantitative estimate of drug-likeness (QED) is 0.194. The van der Waals surface area contributed by atoms with Crippen LogP contribution in [0.2, 0.25) is 0 Å². The molecular formula is C40H24N4OS. The third-order valence-electron chi connectivity index (χ3n) is 8.19. The highest BCUT2D eigenvalue weighted by molar-refractivity contribution is 7.26. The molecule has 9 aromatic rings. The van der Waals surface area contributed by atoms with Crippen LogP contribution in [0.1, 0.15) is 0 Å². The number of aromatic nitrogens is 4. The summed E-state index contributed by atoms with van der Waals surface area (Å²) in [6.45, 7) is 0. The molecule has 9 rings (SSSR count). The summed E-state index contributed by atoms with van der Waals surface area (Å²) in [7, 11) is 0. The van der Waals surface area contributed by atoms with Crippen LogP contribution in [0.15, 0.2) is 150 Å². The van der Waals surface area contributed by atoms with E-state index >= 15 is 0 Å². The average Bonchev–Trinajstić information content (AvgIpc) is 3.75. The Kier molecular flexibility index (Phi) is 6.25. The Morgan fingerprint density at radius 3 is 1.52 bits per heavy atom. The van der Waals surface area contributed by atoms with Crippen molar-refractivity contribution in [2.45, 2.75) is 0 Å². The van der Waals surface area contributed by atoms with Crippen molar-refractivity contribution in [2.75, 3.05) is 0 Å². The first-order valence-electron chi connectivity index (χ1n) is 15.1. The topological polar surface area (TPSA) is 64.7 Å². The predicted molar refractivity (Wildman–Crippen MR) is 187 cm³/mol. The molecule has 0 N–H and O–H groups in total. The van der Waals surface area contributed by atoms with E-state index in [0.717, 1.165) is 60.0 Å². The minimum absolute atomic E-state index is 0.609. The smallest absolute Gasteiger partial charge is 0.227 e. The Labute approximate surface area is 268 Å². The van der Waals surface area contributed by atoms with Gasteiger partial charge in [-0.05, 0) is 35.9 Å². The van der Waals surface area contributed by atoms with Gasteiger partial charge >= 0.3 is 0 Å². The Balaban J connectivity index is 1.30. The van der Waals surface area contributed by atoms with Gasteiger partial charge in [0.1, 0.15) is 5.52 Å². The van der Waals surface area contributed by atoms with E-state index in [-0.39, 0.29) is 0 Å². The lowest BCUT2D eigenvalue weighted by Crippen LogP contribution is -2.00. The highest BCUT2D eigenvalue weighted by Crippen LogP contribution is 2.45. The summed E-state index contributed by atoms with van der Waals surface area (Å²) < 4.78 is 8.83. The summed E-state index contributed by atoms with van der Waals surface area (Å²) in [5, 5.41) is 2.26. The van der Waals surface area contributed by atoms with Crippen LogP contribution in [0.5, 0.6) is 0 Å². The fraction of sp³-hybridized carbons (Fsp3) is 0. The van der Waals surface area contributed by atoms with Gasteiger partial charge in [-0.3, -0.25) is 0 Å². The van der Waals surface area contributed by atoms with Crippen molar-refractivity contribution in [3.8, 4) is 56.7 Å². The maximum Gasteiger partial charge on any atom is 0.227 e. The summed E-state index contributed by atoms with van der Waals surface area (Å²) in [4.78, 5) is 19.9. The van der Waals surface area contributed by atoms with Crippen molar-refractivity contribution in [1.82, 2.24) is 19.9 Å². The van der Waals surface area contributed by atoms with Crippen LogP contribution in [0.25, 0.3) is 88.0 Å². The number of hydrogen-bond donors (Lipinski definition) is 0. The minimum Gasteiger partial charge on any atom is -0.435 e. The second kappa shape index (κ2) is 10.9. The van der Waals surface area contributed by atoms with Crippen LogP contribution >= 0.6 is 11.3 Å². The second-order valence-electron chi connectivity index (χ2n) is 11.0. The summed E-state index contributed by atoms with van der Waals surface area (Å²) >= 11 is 1.77. The molecule has 0 saturated heterocycles. The molecular weight excluding hydrogens is 585 g/mol. The van der Waals surface area contributed by atoms with Gasteiger partial charge in [0.25, 0.3) is 0 Å². The van der Waals surface area contributed by atoms with Gasteiger partial charge in [-0.25, -0.2) is 19.9 Å². The lowest BCUT2D eigenvalue weighted by Gasteiger charge is -2.11. The molecule has 0 amide bonds. The van der Waals surface area contributed by atoms with Crippen LogP contribution in [-0.4, -0.2) is 19.9 Å². The van der Waals surface area contributed by atoms with Crippen molar-refractivity contribution in [3.63, 3.8) is 0 Å². The molecule has 3 aromatic heterocycles. The van der Waals surface area contributed by atoms with Crippen LogP contribution in [0.3, 0.4) is 0 Å².